The highest BCUT2D eigenvalue weighted by molar-refractivity contribution is 5.80. The van der Waals surface area contributed by atoms with Gasteiger partial charge in [-0.15, -0.1) is 0 Å². The lowest BCUT2D eigenvalue weighted by molar-refractivity contribution is -0.125. The van der Waals surface area contributed by atoms with E-state index in [4.69, 9.17) is 14.5 Å². The van der Waals surface area contributed by atoms with Gasteiger partial charge in [-0.05, 0) is 42.7 Å². The van der Waals surface area contributed by atoms with Gasteiger partial charge in [-0.3, -0.25) is 9.78 Å². The van der Waals surface area contributed by atoms with Crippen molar-refractivity contribution in [2.24, 2.45) is 5.92 Å². The first-order chi connectivity index (χ1) is 14.3. The topological polar surface area (TPSA) is 76.6 Å². The highest BCUT2D eigenvalue weighted by atomic mass is 16.7. The Morgan fingerprint density at radius 1 is 1.14 bits per heavy atom. The van der Waals surface area contributed by atoms with Gasteiger partial charge in [0.25, 0.3) is 0 Å². The molecule has 0 bridgehead atoms. The third-order valence-corrected chi connectivity index (χ3v) is 5.46. The molecule has 1 N–H and O–H groups in total. The number of fused-ring (bicyclic) bond motifs is 2. The average molecular weight is 390 g/mol. The molecule has 148 valence electrons. The van der Waals surface area contributed by atoms with Crippen molar-refractivity contribution in [3.05, 3.63) is 54.2 Å². The largest absolute Gasteiger partial charge is 0.454 e. The molecule has 0 unspecified atom stereocenters. The number of hydrogen-bond donors (Lipinski definition) is 1. The summed E-state index contributed by atoms with van der Waals surface area (Å²) in [4.78, 5) is 24.2. The van der Waals surface area contributed by atoms with E-state index in [9.17, 15) is 4.79 Å². The minimum absolute atomic E-state index is 0.0639. The second-order valence-corrected chi connectivity index (χ2v) is 7.41. The average Bonchev–Trinajstić information content (AvgIpc) is 3.25. The van der Waals surface area contributed by atoms with Crippen LogP contribution in [0, 0.1) is 5.92 Å². The number of para-hydroxylation sites is 2. The fraction of sp³-hybridized carbons (Fsp3) is 0.318. The second-order valence-electron chi connectivity index (χ2n) is 7.41. The van der Waals surface area contributed by atoms with E-state index < -0.39 is 0 Å². The molecule has 2 aliphatic heterocycles. The molecule has 3 aromatic rings. The lowest BCUT2D eigenvalue weighted by Gasteiger charge is -2.32. The van der Waals surface area contributed by atoms with Crippen molar-refractivity contribution >= 4 is 22.8 Å². The second kappa shape index (κ2) is 7.58. The molecule has 3 heterocycles. The molecule has 1 saturated heterocycles. The van der Waals surface area contributed by atoms with Crippen LogP contribution in [0.2, 0.25) is 0 Å². The van der Waals surface area contributed by atoms with Gasteiger partial charge in [-0.1, -0.05) is 18.2 Å². The maximum atomic E-state index is 12.8. The van der Waals surface area contributed by atoms with Gasteiger partial charge in [0, 0.05) is 19.6 Å². The minimum atomic E-state index is -0.0639. The van der Waals surface area contributed by atoms with E-state index in [1.165, 1.54) is 0 Å². The van der Waals surface area contributed by atoms with Crippen molar-refractivity contribution in [1.82, 2.24) is 15.3 Å². The number of aromatic nitrogens is 2. The molecule has 5 rings (SSSR count). The lowest BCUT2D eigenvalue weighted by atomic mass is 9.97. The number of carbonyl (C=O) groups is 1. The first kappa shape index (κ1) is 17.7. The van der Waals surface area contributed by atoms with E-state index in [2.05, 4.69) is 15.2 Å². The van der Waals surface area contributed by atoms with Crippen molar-refractivity contribution in [2.75, 3.05) is 24.8 Å². The Hall–Kier alpha value is -3.35. The molecule has 1 atom stereocenters. The molecule has 0 spiro atoms. The molecule has 0 radical (unpaired) electrons. The van der Waals surface area contributed by atoms with Gasteiger partial charge in [-0.2, -0.15) is 0 Å². The maximum absolute atomic E-state index is 12.8. The molecule has 1 amide bonds. The third-order valence-electron chi connectivity index (χ3n) is 5.46. The number of nitrogens with one attached hydrogen (secondary N) is 1. The Morgan fingerprint density at radius 2 is 2.00 bits per heavy atom. The van der Waals surface area contributed by atoms with E-state index in [1.807, 2.05) is 42.5 Å². The van der Waals surface area contributed by atoms with Crippen LogP contribution < -0.4 is 19.7 Å². The van der Waals surface area contributed by atoms with Crippen LogP contribution >= 0.6 is 0 Å². The van der Waals surface area contributed by atoms with Crippen LogP contribution in [0.1, 0.15) is 18.4 Å². The van der Waals surface area contributed by atoms with Crippen molar-refractivity contribution < 1.29 is 14.3 Å². The maximum Gasteiger partial charge on any atom is 0.231 e. The molecule has 29 heavy (non-hydrogen) atoms. The van der Waals surface area contributed by atoms with E-state index in [1.54, 1.807) is 6.20 Å². The predicted octanol–water partition coefficient (Wildman–Crippen LogP) is 2.89. The summed E-state index contributed by atoms with van der Waals surface area (Å²) in [7, 11) is 0. The number of piperidine rings is 1. The fourth-order valence-electron chi connectivity index (χ4n) is 3.88. The molecule has 0 aliphatic carbocycles. The van der Waals surface area contributed by atoms with Gasteiger partial charge >= 0.3 is 0 Å². The smallest absolute Gasteiger partial charge is 0.231 e. The van der Waals surface area contributed by atoms with Gasteiger partial charge in [-0.25, -0.2) is 4.98 Å². The summed E-state index contributed by atoms with van der Waals surface area (Å²) in [6.45, 7) is 2.27. The number of nitrogens with zero attached hydrogens (tertiary/aromatic N) is 3. The molecule has 7 nitrogen and oxygen atoms in total. The lowest BCUT2D eigenvalue weighted by Crippen LogP contribution is -2.43. The first-order valence-corrected chi connectivity index (χ1v) is 9.89. The van der Waals surface area contributed by atoms with Crippen LogP contribution in [-0.2, 0) is 11.3 Å². The van der Waals surface area contributed by atoms with Gasteiger partial charge in [0.05, 0.1) is 23.1 Å². The minimum Gasteiger partial charge on any atom is -0.454 e. The quantitative estimate of drug-likeness (QED) is 0.738. The molecule has 0 saturated carbocycles. The third kappa shape index (κ3) is 3.68. The number of benzene rings is 2. The van der Waals surface area contributed by atoms with Gasteiger partial charge < -0.3 is 19.7 Å². The van der Waals surface area contributed by atoms with Gasteiger partial charge in [0.2, 0.25) is 12.7 Å². The molecule has 2 aliphatic rings. The highest BCUT2D eigenvalue weighted by Crippen LogP contribution is 2.32. The summed E-state index contributed by atoms with van der Waals surface area (Å²) in [6, 6.07) is 13.6. The standard InChI is InChI=1S/C22H22N4O3/c27-22(24-11-15-7-8-19-20(10-15)29-14-28-19)16-4-3-9-26(13-16)21-12-23-17-5-1-2-6-18(17)25-21/h1-2,5-8,10,12,16H,3-4,9,11,13-14H2,(H,24,27)/t16-/m1/s1. The van der Waals surface area contributed by atoms with Crippen LogP contribution in [0.25, 0.3) is 11.0 Å². The summed E-state index contributed by atoms with van der Waals surface area (Å²) >= 11 is 0. The normalized spacial score (nSPS) is 18.1. The SMILES string of the molecule is O=C(NCc1ccc2c(c1)OCO2)[C@@H]1CCCN(c2cnc3ccccc3n2)C1. The number of amides is 1. The van der Waals surface area contributed by atoms with E-state index >= 15 is 0 Å². The molecule has 7 heteroatoms. The highest BCUT2D eigenvalue weighted by Gasteiger charge is 2.27. The monoisotopic (exact) mass is 390 g/mol. The van der Waals surface area contributed by atoms with Crippen molar-refractivity contribution in [1.29, 1.82) is 0 Å². The number of hydrogen-bond acceptors (Lipinski definition) is 6. The summed E-state index contributed by atoms with van der Waals surface area (Å²) in [5, 5.41) is 3.06. The Kier molecular flexibility index (Phi) is 4.63. The van der Waals surface area contributed by atoms with Crippen LogP contribution in [-0.4, -0.2) is 35.8 Å². The zero-order chi connectivity index (χ0) is 19.6. The molecule has 2 aromatic carbocycles. The number of ether oxygens (including phenoxy) is 2. The number of rotatable bonds is 4. The summed E-state index contributed by atoms with van der Waals surface area (Å²) < 4.78 is 10.7. The molecule has 1 fully saturated rings. The molecular formula is C22H22N4O3. The van der Waals surface area contributed by atoms with Gasteiger partial charge in [0.1, 0.15) is 5.82 Å². The van der Waals surface area contributed by atoms with Crippen LogP contribution in [0.4, 0.5) is 5.82 Å². The van der Waals surface area contributed by atoms with Crippen LogP contribution in [0.15, 0.2) is 48.7 Å². The molecule has 1 aromatic heterocycles. The Balaban J connectivity index is 1.23. The predicted molar refractivity (Wildman–Crippen MR) is 109 cm³/mol. The summed E-state index contributed by atoms with van der Waals surface area (Å²) in [6.07, 6.45) is 3.64. The van der Waals surface area contributed by atoms with Crippen LogP contribution in [0.5, 0.6) is 11.5 Å². The first-order valence-electron chi connectivity index (χ1n) is 9.89. The Labute approximate surface area is 168 Å². The van der Waals surface area contributed by atoms with Crippen LogP contribution in [0.3, 0.4) is 0 Å². The van der Waals surface area contributed by atoms with Crippen molar-refractivity contribution in [2.45, 2.75) is 19.4 Å². The summed E-state index contributed by atoms with van der Waals surface area (Å²) in [5.41, 5.74) is 2.75. The molecular weight excluding hydrogens is 368 g/mol. The van der Waals surface area contributed by atoms with E-state index in [0.717, 1.165) is 53.3 Å². The zero-order valence-corrected chi connectivity index (χ0v) is 16.0. The number of carbonyl (C=O) groups excluding carboxylic acids is 1. The fourth-order valence-corrected chi connectivity index (χ4v) is 3.88. The van der Waals surface area contributed by atoms with Gasteiger partial charge in [0.15, 0.2) is 11.5 Å². The van der Waals surface area contributed by atoms with E-state index in [0.29, 0.717) is 13.1 Å². The van der Waals surface area contributed by atoms with E-state index in [-0.39, 0.29) is 18.6 Å². The van der Waals surface area contributed by atoms with Crippen molar-refractivity contribution in [3.8, 4) is 11.5 Å². The Bertz CT molecular complexity index is 1060. The number of anilines is 1. The van der Waals surface area contributed by atoms with Crippen molar-refractivity contribution in [3.63, 3.8) is 0 Å². The zero-order valence-electron chi connectivity index (χ0n) is 16.0. The Morgan fingerprint density at radius 3 is 2.93 bits per heavy atom. The summed E-state index contributed by atoms with van der Waals surface area (Å²) in [5.74, 6) is 2.32.